The first-order chi connectivity index (χ1) is 9.31. The van der Waals surface area contributed by atoms with Crippen molar-refractivity contribution in [1.82, 2.24) is 4.72 Å². The predicted molar refractivity (Wildman–Crippen MR) is 79.4 cm³/mol. The third-order valence-corrected chi connectivity index (χ3v) is 5.65. The van der Waals surface area contributed by atoms with E-state index in [-0.39, 0.29) is 12.1 Å². The molecule has 0 spiro atoms. The van der Waals surface area contributed by atoms with E-state index in [0.717, 1.165) is 36.1 Å². The van der Waals surface area contributed by atoms with Crippen molar-refractivity contribution in [3.05, 3.63) is 28.8 Å². The van der Waals surface area contributed by atoms with Gasteiger partial charge in [0, 0.05) is 12.6 Å². The monoisotopic (exact) mass is 297 g/mol. The molecule has 20 heavy (non-hydrogen) atoms. The van der Waals surface area contributed by atoms with Crippen LogP contribution in [-0.4, -0.2) is 27.2 Å². The van der Waals surface area contributed by atoms with Crippen LogP contribution < -0.4 is 4.72 Å². The molecule has 0 saturated carbocycles. The molecule has 0 aliphatic carbocycles. The minimum Gasteiger partial charge on any atom is -0.377 e. The molecule has 112 valence electrons. The van der Waals surface area contributed by atoms with Crippen molar-refractivity contribution in [2.24, 2.45) is 0 Å². The summed E-state index contributed by atoms with van der Waals surface area (Å²) < 4.78 is 33.3. The molecule has 1 saturated heterocycles. The predicted octanol–water partition coefficient (Wildman–Crippen LogP) is 2.46. The van der Waals surface area contributed by atoms with E-state index in [1.165, 1.54) is 0 Å². The van der Waals surface area contributed by atoms with Gasteiger partial charge >= 0.3 is 0 Å². The molecular formula is C15H23NO3S. The van der Waals surface area contributed by atoms with E-state index in [1.807, 2.05) is 33.8 Å². The summed E-state index contributed by atoms with van der Waals surface area (Å²) in [5.41, 5.74) is 2.87. The first-order valence-electron chi connectivity index (χ1n) is 7.03. The van der Waals surface area contributed by atoms with Gasteiger partial charge in [-0.2, -0.15) is 0 Å². The molecule has 2 rings (SSSR count). The summed E-state index contributed by atoms with van der Waals surface area (Å²) in [6, 6.07) is 3.46. The largest absolute Gasteiger partial charge is 0.377 e. The number of ether oxygens (including phenoxy) is 1. The highest BCUT2D eigenvalue weighted by atomic mass is 32.2. The van der Waals surface area contributed by atoms with E-state index in [1.54, 1.807) is 6.07 Å². The second kappa shape index (κ2) is 5.84. The molecule has 0 radical (unpaired) electrons. The molecule has 2 atom stereocenters. The summed E-state index contributed by atoms with van der Waals surface area (Å²) in [7, 11) is -3.50. The van der Waals surface area contributed by atoms with Gasteiger partial charge in [0.15, 0.2) is 0 Å². The molecule has 0 bridgehead atoms. The van der Waals surface area contributed by atoms with Crippen LogP contribution in [0.5, 0.6) is 0 Å². The van der Waals surface area contributed by atoms with Crippen LogP contribution in [0.4, 0.5) is 0 Å². The molecular weight excluding hydrogens is 274 g/mol. The highest BCUT2D eigenvalue weighted by molar-refractivity contribution is 7.89. The van der Waals surface area contributed by atoms with E-state index < -0.39 is 10.0 Å². The van der Waals surface area contributed by atoms with E-state index in [4.69, 9.17) is 4.74 Å². The lowest BCUT2D eigenvalue weighted by atomic mass is 10.1. The van der Waals surface area contributed by atoms with Crippen LogP contribution in [0.25, 0.3) is 0 Å². The maximum Gasteiger partial charge on any atom is 0.241 e. The quantitative estimate of drug-likeness (QED) is 0.929. The zero-order valence-corrected chi connectivity index (χ0v) is 13.4. The summed E-state index contributed by atoms with van der Waals surface area (Å²) in [4.78, 5) is 0.366. The second-order valence-corrected chi connectivity index (χ2v) is 7.35. The SMILES string of the molecule is Cc1cc(C)c(S(=O)(=O)N[C@H](C)[C@H]2CCCO2)cc1C. The lowest BCUT2D eigenvalue weighted by Crippen LogP contribution is -2.41. The van der Waals surface area contributed by atoms with Gasteiger partial charge in [0.25, 0.3) is 0 Å². The van der Waals surface area contributed by atoms with Gasteiger partial charge in [-0.05, 0) is 63.3 Å². The van der Waals surface area contributed by atoms with Gasteiger partial charge in [-0.3, -0.25) is 0 Å². The van der Waals surface area contributed by atoms with Crippen LogP contribution in [0, 0.1) is 20.8 Å². The van der Waals surface area contributed by atoms with E-state index in [2.05, 4.69) is 4.72 Å². The van der Waals surface area contributed by atoms with Gasteiger partial charge in [-0.25, -0.2) is 13.1 Å². The smallest absolute Gasteiger partial charge is 0.241 e. The average molecular weight is 297 g/mol. The standard InChI is InChI=1S/C15H23NO3S/c1-10-8-12(3)15(9-11(10)2)20(17,18)16-13(4)14-6-5-7-19-14/h8-9,13-14,16H,5-7H2,1-4H3/t13-,14-/m1/s1. The Labute approximate surface area is 121 Å². The second-order valence-electron chi connectivity index (χ2n) is 5.66. The fourth-order valence-corrected chi connectivity index (χ4v) is 4.19. The molecule has 5 heteroatoms. The average Bonchev–Trinajstić information content (AvgIpc) is 2.86. The molecule has 4 nitrogen and oxygen atoms in total. The van der Waals surface area contributed by atoms with Crippen molar-refractivity contribution in [1.29, 1.82) is 0 Å². The highest BCUT2D eigenvalue weighted by Crippen LogP contribution is 2.22. The molecule has 1 fully saturated rings. The molecule has 1 aromatic carbocycles. The number of hydrogen-bond donors (Lipinski definition) is 1. The van der Waals surface area contributed by atoms with E-state index in [0.29, 0.717) is 4.90 Å². The minimum absolute atomic E-state index is 0.0170. The lowest BCUT2D eigenvalue weighted by molar-refractivity contribution is 0.0902. The highest BCUT2D eigenvalue weighted by Gasteiger charge is 2.27. The van der Waals surface area contributed by atoms with Crippen molar-refractivity contribution in [3.8, 4) is 0 Å². The van der Waals surface area contributed by atoms with Gasteiger partial charge in [-0.15, -0.1) is 0 Å². The number of nitrogens with one attached hydrogen (secondary N) is 1. The third kappa shape index (κ3) is 3.22. The summed E-state index contributed by atoms with van der Waals surface area (Å²) >= 11 is 0. The van der Waals surface area contributed by atoms with Crippen molar-refractivity contribution in [2.75, 3.05) is 6.61 Å². The molecule has 1 heterocycles. The third-order valence-electron chi connectivity index (χ3n) is 3.94. The summed E-state index contributed by atoms with van der Waals surface area (Å²) in [6.07, 6.45) is 1.89. The maximum atomic E-state index is 12.5. The van der Waals surface area contributed by atoms with Gasteiger partial charge < -0.3 is 4.74 Å². The first kappa shape index (κ1) is 15.5. The van der Waals surface area contributed by atoms with Gasteiger partial charge in [0.2, 0.25) is 10.0 Å². The van der Waals surface area contributed by atoms with Crippen molar-refractivity contribution in [3.63, 3.8) is 0 Å². The lowest BCUT2D eigenvalue weighted by Gasteiger charge is -2.21. The molecule has 0 amide bonds. The van der Waals surface area contributed by atoms with E-state index >= 15 is 0 Å². The number of sulfonamides is 1. The fourth-order valence-electron chi connectivity index (χ4n) is 2.60. The fraction of sp³-hybridized carbons (Fsp3) is 0.600. The van der Waals surface area contributed by atoms with Crippen LogP contribution in [0.3, 0.4) is 0 Å². The topological polar surface area (TPSA) is 55.4 Å². The Kier molecular flexibility index (Phi) is 4.52. The van der Waals surface area contributed by atoms with Crippen LogP contribution in [0.2, 0.25) is 0 Å². The number of rotatable bonds is 4. The Hall–Kier alpha value is -0.910. The summed E-state index contributed by atoms with van der Waals surface area (Å²) in [5, 5.41) is 0. The Morgan fingerprint density at radius 2 is 1.85 bits per heavy atom. The molecule has 1 aliphatic heterocycles. The van der Waals surface area contributed by atoms with Crippen LogP contribution in [0.15, 0.2) is 17.0 Å². The molecule has 1 aliphatic rings. The number of aryl methyl sites for hydroxylation is 3. The molecule has 1 N–H and O–H groups in total. The summed E-state index contributed by atoms with van der Waals surface area (Å²) in [6.45, 7) is 8.33. The normalized spacial score (nSPS) is 21.1. The van der Waals surface area contributed by atoms with Gasteiger partial charge in [0.05, 0.1) is 11.0 Å². The van der Waals surface area contributed by atoms with E-state index in [9.17, 15) is 8.42 Å². The van der Waals surface area contributed by atoms with Crippen molar-refractivity contribution < 1.29 is 13.2 Å². The Morgan fingerprint density at radius 3 is 2.45 bits per heavy atom. The van der Waals surface area contributed by atoms with Gasteiger partial charge in [0.1, 0.15) is 0 Å². The van der Waals surface area contributed by atoms with Crippen molar-refractivity contribution in [2.45, 2.75) is 57.6 Å². The van der Waals surface area contributed by atoms with Gasteiger partial charge in [-0.1, -0.05) is 6.07 Å². The van der Waals surface area contributed by atoms with Crippen LogP contribution >= 0.6 is 0 Å². The maximum absolute atomic E-state index is 12.5. The first-order valence-corrected chi connectivity index (χ1v) is 8.51. The zero-order chi connectivity index (χ0) is 14.9. The molecule has 0 aromatic heterocycles. The van der Waals surface area contributed by atoms with Crippen LogP contribution in [-0.2, 0) is 14.8 Å². The minimum atomic E-state index is -3.50. The Morgan fingerprint density at radius 1 is 1.20 bits per heavy atom. The summed E-state index contributed by atoms with van der Waals surface area (Å²) in [5.74, 6) is 0. The number of hydrogen-bond acceptors (Lipinski definition) is 3. The van der Waals surface area contributed by atoms with Crippen LogP contribution in [0.1, 0.15) is 36.5 Å². The van der Waals surface area contributed by atoms with Crippen molar-refractivity contribution >= 4 is 10.0 Å². The molecule has 0 unspecified atom stereocenters. The zero-order valence-electron chi connectivity index (χ0n) is 12.6. The number of benzene rings is 1. The molecule has 1 aromatic rings. The Balaban J connectivity index is 2.24. The Bertz CT molecular complexity index is 589.